The topological polar surface area (TPSA) is 120 Å². The summed E-state index contributed by atoms with van der Waals surface area (Å²) in [4.78, 5) is 50.8. The number of nitrogens with two attached hydrogens (primary N) is 1. The maximum Gasteiger partial charge on any atom is 0.328 e. The van der Waals surface area contributed by atoms with E-state index in [2.05, 4.69) is 14.9 Å². The Bertz CT molecular complexity index is 1420. The lowest BCUT2D eigenvalue weighted by atomic mass is 9.68. The van der Waals surface area contributed by atoms with Gasteiger partial charge in [0.2, 0.25) is 0 Å². The number of aliphatic imine (C=N–C) groups is 1. The fourth-order valence-electron chi connectivity index (χ4n) is 8.59. The second-order valence-corrected chi connectivity index (χ2v) is 14.1. The standard InChI is InChI=1S/C33H45N5O4/c1-33(2,3)42-28(39)19-35-29(31(34)40)30-32(41)38(27-13-5-4-12-26(27)36-30)25-17-22-10-7-11-23(18-25)37(22)24-15-20-8-6-9-21(14-20)16-24/h4-5,12-13,20-25H,6-11,14-19H2,1-3H3,(H2,34,40)/b35-29-/t20?,21?,22-,23?,24?,25?/m1/s1. The third-order valence-corrected chi connectivity index (χ3v) is 9.93. The van der Waals surface area contributed by atoms with Crippen LogP contribution in [-0.2, 0) is 14.3 Å². The average Bonchev–Trinajstić information content (AvgIpc) is 2.91. The van der Waals surface area contributed by atoms with Crippen molar-refractivity contribution in [3.05, 3.63) is 40.3 Å². The molecule has 0 spiro atoms. The van der Waals surface area contributed by atoms with Crippen molar-refractivity contribution in [2.45, 2.75) is 121 Å². The summed E-state index contributed by atoms with van der Waals surface area (Å²) in [5.41, 5.74) is 5.63. The molecule has 2 N–H and O–H groups in total. The Morgan fingerprint density at radius 3 is 2.21 bits per heavy atom. The number of piperidine rings is 2. The Labute approximate surface area is 247 Å². The van der Waals surface area contributed by atoms with Crippen molar-refractivity contribution in [1.82, 2.24) is 14.5 Å². The number of primary amides is 1. The van der Waals surface area contributed by atoms with E-state index in [1.54, 1.807) is 20.8 Å². The van der Waals surface area contributed by atoms with E-state index in [-0.39, 0.29) is 23.0 Å². The van der Waals surface area contributed by atoms with Crippen molar-refractivity contribution in [3.8, 4) is 0 Å². The van der Waals surface area contributed by atoms with Gasteiger partial charge in [0, 0.05) is 24.2 Å². The first-order chi connectivity index (χ1) is 20.1. The van der Waals surface area contributed by atoms with Gasteiger partial charge in [-0.25, -0.2) is 4.98 Å². The molecule has 2 saturated carbocycles. The van der Waals surface area contributed by atoms with Crippen molar-refractivity contribution in [3.63, 3.8) is 0 Å². The van der Waals surface area contributed by atoms with Gasteiger partial charge in [0.15, 0.2) is 11.4 Å². The van der Waals surface area contributed by atoms with Gasteiger partial charge in [-0.1, -0.05) is 37.8 Å². The van der Waals surface area contributed by atoms with Crippen LogP contribution in [0.15, 0.2) is 34.1 Å². The lowest BCUT2D eigenvalue weighted by Crippen LogP contribution is -2.58. The number of carbonyl (C=O) groups is 2. The van der Waals surface area contributed by atoms with E-state index in [9.17, 15) is 14.4 Å². The molecule has 226 valence electrons. The highest BCUT2D eigenvalue weighted by molar-refractivity contribution is 6.44. The minimum Gasteiger partial charge on any atom is -0.459 e. The molecule has 9 heteroatoms. The van der Waals surface area contributed by atoms with Crippen molar-refractivity contribution < 1.29 is 14.3 Å². The Morgan fingerprint density at radius 1 is 0.929 bits per heavy atom. The molecular weight excluding hydrogens is 530 g/mol. The molecule has 2 aliphatic carbocycles. The molecule has 4 fully saturated rings. The number of ether oxygens (including phenoxy) is 1. The number of amides is 1. The molecule has 4 unspecified atom stereocenters. The SMILES string of the molecule is CC(C)(C)OC(=O)C/N=C(\C(N)=O)c1nc2ccccc2n(C2CC3CCC[C@H](C2)N3C2CC3CCCC(C3)C2)c1=O. The molecule has 6 rings (SSSR count). The highest BCUT2D eigenvalue weighted by Gasteiger charge is 2.45. The van der Waals surface area contributed by atoms with Crippen LogP contribution in [0.5, 0.6) is 0 Å². The summed E-state index contributed by atoms with van der Waals surface area (Å²) in [6.45, 7) is 4.85. The van der Waals surface area contributed by atoms with Crippen molar-refractivity contribution >= 4 is 28.6 Å². The summed E-state index contributed by atoms with van der Waals surface area (Å²) in [7, 11) is 0. The average molecular weight is 576 g/mol. The molecule has 1 aromatic carbocycles. The van der Waals surface area contributed by atoms with Gasteiger partial charge in [0.05, 0.1) is 11.0 Å². The van der Waals surface area contributed by atoms with E-state index >= 15 is 0 Å². The van der Waals surface area contributed by atoms with Crippen LogP contribution in [0, 0.1) is 11.8 Å². The van der Waals surface area contributed by atoms with Crippen molar-refractivity contribution in [2.75, 3.05) is 6.54 Å². The number of para-hydroxylation sites is 2. The Balaban J connectivity index is 1.34. The molecule has 1 amide bonds. The Kier molecular flexibility index (Phi) is 7.98. The summed E-state index contributed by atoms with van der Waals surface area (Å²) in [5, 5.41) is 0. The number of benzene rings is 1. The van der Waals surface area contributed by atoms with E-state index in [1.807, 2.05) is 28.8 Å². The minimum atomic E-state index is -0.889. The lowest BCUT2D eigenvalue weighted by molar-refractivity contribution is -0.152. The van der Waals surface area contributed by atoms with Crippen molar-refractivity contribution in [2.24, 2.45) is 22.6 Å². The molecule has 2 aliphatic heterocycles. The normalized spacial score (nSPS) is 30.2. The summed E-state index contributed by atoms with van der Waals surface area (Å²) in [5.74, 6) is 0.263. The lowest BCUT2D eigenvalue weighted by Gasteiger charge is -2.55. The highest BCUT2D eigenvalue weighted by Crippen LogP contribution is 2.47. The monoisotopic (exact) mass is 575 g/mol. The molecule has 4 aliphatic rings. The molecule has 2 aromatic rings. The minimum absolute atomic E-state index is 0.0150. The molecule has 0 radical (unpaired) electrons. The second-order valence-electron chi connectivity index (χ2n) is 14.1. The zero-order valence-electron chi connectivity index (χ0n) is 25.3. The van der Waals surface area contributed by atoms with Crippen LogP contribution in [0.2, 0.25) is 0 Å². The third-order valence-electron chi connectivity index (χ3n) is 9.93. The van der Waals surface area contributed by atoms with Crippen LogP contribution in [0.1, 0.15) is 103 Å². The molecular formula is C33H45N5O4. The summed E-state index contributed by atoms with van der Waals surface area (Å²) in [6.07, 6.45) is 13.6. The molecule has 1 aromatic heterocycles. The maximum absolute atomic E-state index is 14.2. The van der Waals surface area contributed by atoms with Crippen LogP contribution >= 0.6 is 0 Å². The molecule has 4 bridgehead atoms. The summed E-state index contributed by atoms with van der Waals surface area (Å²) < 4.78 is 7.19. The van der Waals surface area contributed by atoms with Gasteiger partial charge in [-0.15, -0.1) is 0 Å². The number of hydrogen-bond donors (Lipinski definition) is 1. The molecule has 3 heterocycles. The van der Waals surface area contributed by atoms with E-state index < -0.39 is 24.0 Å². The summed E-state index contributed by atoms with van der Waals surface area (Å²) >= 11 is 0. The number of fused-ring (bicyclic) bond motifs is 5. The van der Waals surface area contributed by atoms with E-state index in [0.717, 1.165) is 43.0 Å². The molecule has 42 heavy (non-hydrogen) atoms. The van der Waals surface area contributed by atoms with Crippen molar-refractivity contribution in [1.29, 1.82) is 0 Å². The molecule has 5 atom stereocenters. The number of rotatable bonds is 6. The quantitative estimate of drug-likeness (QED) is 0.399. The van der Waals surface area contributed by atoms with Crippen LogP contribution in [0.4, 0.5) is 0 Å². The van der Waals surface area contributed by atoms with E-state index in [1.165, 1.54) is 44.9 Å². The number of nitrogens with zero attached hydrogens (tertiary/aromatic N) is 4. The van der Waals surface area contributed by atoms with E-state index in [4.69, 9.17) is 10.5 Å². The number of esters is 1. The zero-order chi connectivity index (χ0) is 29.6. The maximum atomic E-state index is 14.2. The largest absolute Gasteiger partial charge is 0.459 e. The Hall–Kier alpha value is -3.07. The van der Waals surface area contributed by atoms with Gasteiger partial charge in [-0.3, -0.25) is 24.3 Å². The fraction of sp³-hybridized carbons (Fsp3) is 0.667. The van der Waals surface area contributed by atoms with Crippen LogP contribution in [-0.4, -0.2) is 62.3 Å². The fourth-order valence-corrected chi connectivity index (χ4v) is 8.59. The van der Waals surface area contributed by atoms with Gasteiger partial charge in [-0.2, -0.15) is 0 Å². The number of carbonyl (C=O) groups excluding carboxylic acids is 2. The van der Waals surface area contributed by atoms with E-state index in [0.29, 0.717) is 23.6 Å². The van der Waals surface area contributed by atoms with Gasteiger partial charge in [-0.05, 0) is 89.7 Å². The second kappa shape index (κ2) is 11.5. The zero-order valence-corrected chi connectivity index (χ0v) is 25.3. The van der Waals surface area contributed by atoms with Crippen LogP contribution in [0.3, 0.4) is 0 Å². The first-order valence-corrected chi connectivity index (χ1v) is 15.9. The molecule has 2 saturated heterocycles. The number of aromatic nitrogens is 2. The third kappa shape index (κ3) is 5.90. The predicted molar refractivity (Wildman–Crippen MR) is 162 cm³/mol. The summed E-state index contributed by atoms with van der Waals surface area (Å²) in [6, 6.07) is 9.11. The first-order valence-electron chi connectivity index (χ1n) is 15.9. The Morgan fingerprint density at radius 2 is 1.57 bits per heavy atom. The van der Waals surface area contributed by atoms with Gasteiger partial charge in [0.1, 0.15) is 12.1 Å². The van der Waals surface area contributed by atoms with Gasteiger partial charge >= 0.3 is 5.97 Å². The highest BCUT2D eigenvalue weighted by atomic mass is 16.6. The van der Waals surface area contributed by atoms with Gasteiger partial charge in [0.25, 0.3) is 11.5 Å². The van der Waals surface area contributed by atoms with Crippen LogP contribution < -0.4 is 11.3 Å². The smallest absolute Gasteiger partial charge is 0.328 e. The predicted octanol–water partition coefficient (Wildman–Crippen LogP) is 4.54. The van der Waals surface area contributed by atoms with Gasteiger partial charge < -0.3 is 15.0 Å². The number of hydrogen-bond acceptors (Lipinski definition) is 7. The first kappa shape index (κ1) is 29.0. The molecule has 9 nitrogen and oxygen atoms in total. The van der Waals surface area contributed by atoms with Crippen LogP contribution in [0.25, 0.3) is 11.0 Å².